The minimum atomic E-state index is 0.0710. The molecule has 0 fully saturated rings. The summed E-state index contributed by atoms with van der Waals surface area (Å²) >= 11 is 0. The van der Waals surface area contributed by atoms with E-state index in [0.29, 0.717) is 6.54 Å². The first kappa shape index (κ1) is 19.8. The van der Waals surface area contributed by atoms with Gasteiger partial charge < -0.3 is 19.9 Å². The Kier molecular flexibility index (Phi) is 7.06. The number of rotatable bonds is 7. The molecule has 0 spiro atoms. The number of ether oxygens (including phenoxy) is 1. The van der Waals surface area contributed by atoms with Crippen LogP contribution in [0, 0.1) is 20.8 Å². The standard InChI is InChI=1S/C20H30N4O2/c1-7-21-20(22-11-10-17-15(4)24-26-16(17)5)23-14(3)18-12-13(2)8-9-19(18)25-6/h8-9,12,14H,7,10-11H2,1-6H3,(H2,21,22,23). The zero-order valence-electron chi connectivity index (χ0n) is 16.6. The third-order valence-electron chi connectivity index (χ3n) is 4.36. The van der Waals surface area contributed by atoms with E-state index in [-0.39, 0.29) is 6.04 Å². The molecule has 0 saturated carbocycles. The van der Waals surface area contributed by atoms with E-state index in [2.05, 4.69) is 48.7 Å². The molecule has 0 aliphatic rings. The molecule has 0 bridgehead atoms. The zero-order valence-corrected chi connectivity index (χ0v) is 16.6. The van der Waals surface area contributed by atoms with Crippen molar-refractivity contribution in [3.05, 3.63) is 46.3 Å². The van der Waals surface area contributed by atoms with Crippen LogP contribution >= 0.6 is 0 Å². The summed E-state index contributed by atoms with van der Waals surface area (Å²) < 4.78 is 10.7. The van der Waals surface area contributed by atoms with E-state index in [1.54, 1.807) is 7.11 Å². The smallest absolute Gasteiger partial charge is 0.191 e. The molecule has 6 heteroatoms. The molecule has 1 aromatic carbocycles. The van der Waals surface area contributed by atoms with E-state index in [1.807, 2.05) is 19.9 Å². The van der Waals surface area contributed by atoms with Crippen LogP contribution in [0.25, 0.3) is 0 Å². The highest BCUT2D eigenvalue weighted by molar-refractivity contribution is 5.80. The molecule has 0 aliphatic heterocycles. The van der Waals surface area contributed by atoms with Gasteiger partial charge in [-0.05, 0) is 47.1 Å². The molecule has 0 amide bonds. The number of benzene rings is 1. The van der Waals surface area contributed by atoms with E-state index >= 15 is 0 Å². The van der Waals surface area contributed by atoms with Crippen LogP contribution in [-0.2, 0) is 6.42 Å². The van der Waals surface area contributed by atoms with E-state index in [1.165, 1.54) is 5.56 Å². The number of aromatic nitrogens is 1. The Hall–Kier alpha value is -2.50. The number of aryl methyl sites for hydroxylation is 3. The monoisotopic (exact) mass is 358 g/mol. The fraction of sp³-hybridized carbons (Fsp3) is 0.500. The van der Waals surface area contributed by atoms with Crippen LogP contribution in [-0.4, -0.2) is 31.3 Å². The van der Waals surface area contributed by atoms with Crippen LogP contribution < -0.4 is 15.4 Å². The number of nitrogens with one attached hydrogen (secondary N) is 2. The van der Waals surface area contributed by atoms with Crippen molar-refractivity contribution in [1.82, 2.24) is 15.8 Å². The van der Waals surface area contributed by atoms with Crippen molar-refractivity contribution in [2.75, 3.05) is 20.2 Å². The van der Waals surface area contributed by atoms with Gasteiger partial charge >= 0.3 is 0 Å². The Morgan fingerprint density at radius 2 is 2.08 bits per heavy atom. The van der Waals surface area contributed by atoms with Gasteiger partial charge in [0.25, 0.3) is 0 Å². The molecule has 1 unspecified atom stereocenters. The van der Waals surface area contributed by atoms with Crippen molar-refractivity contribution in [3.63, 3.8) is 0 Å². The highest BCUT2D eigenvalue weighted by Gasteiger charge is 2.13. The molecule has 0 radical (unpaired) electrons. The molecule has 1 heterocycles. The molecular formula is C20H30N4O2. The third-order valence-corrected chi connectivity index (χ3v) is 4.36. The topological polar surface area (TPSA) is 71.7 Å². The van der Waals surface area contributed by atoms with Crippen LogP contribution in [0.15, 0.2) is 27.7 Å². The molecule has 1 atom stereocenters. The zero-order chi connectivity index (χ0) is 19.1. The third kappa shape index (κ3) is 5.00. The van der Waals surface area contributed by atoms with Crippen LogP contribution in [0.1, 0.15) is 48.0 Å². The number of methoxy groups -OCH3 is 1. The number of hydrogen-bond donors (Lipinski definition) is 2. The SMILES string of the molecule is CCNC(=NCCc1c(C)noc1C)NC(C)c1cc(C)ccc1OC. The highest BCUT2D eigenvalue weighted by atomic mass is 16.5. The Morgan fingerprint density at radius 1 is 1.31 bits per heavy atom. The van der Waals surface area contributed by atoms with Gasteiger partial charge in [-0.3, -0.25) is 4.99 Å². The fourth-order valence-corrected chi connectivity index (χ4v) is 2.93. The molecule has 0 saturated heterocycles. The molecule has 2 rings (SSSR count). The van der Waals surface area contributed by atoms with Gasteiger partial charge in [0.15, 0.2) is 5.96 Å². The van der Waals surface area contributed by atoms with Gasteiger partial charge in [0.05, 0.1) is 18.8 Å². The first-order valence-electron chi connectivity index (χ1n) is 9.07. The van der Waals surface area contributed by atoms with Crippen LogP contribution in [0.4, 0.5) is 0 Å². The van der Waals surface area contributed by atoms with Gasteiger partial charge in [-0.15, -0.1) is 0 Å². The molecular weight excluding hydrogens is 328 g/mol. The summed E-state index contributed by atoms with van der Waals surface area (Å²) in [6, 6.07) is 6.27. The Morgan fingerprint density at radius 3 is 2.69 bits per heavy atom. The van der Waals surface area contributed by atoms with Crippen LogP contribution in [0.5, 0.6) is 5.75 Å². The van der Waals surface area contributed by atoms with Gasteiger partial charge in [-0.25, -0.2) is 0 Å². The molecule has 142 valence electrons. The highest BCUT2D eigenvalue weighted by Crippen LogP contribution is 2.26. The van der Waals surface area contributed by atoms with Crippen LogP contribution in [0.3, 0.4) is 0 Å². The maximum Gasteiger partial charge on any atom is 0.191 e. The summed E-state index contributed by atoms with van der Waals surface area (Å²) in [6.45, 7) is 11.6. The molecule has 0 aliphatic carbocycles. The van der Waals surface area contributed by atoms with Gasteiger partial charge in [-0.2, -0.15) is 0 Å². The lowest BCUT2D eigenvalue weighted by atomic mass is 10.0. The molecule has 2 aromatic rings. The first-order chi connectivity index (χ1) is 12.5. The minimum absolute atomic E-state index is 0.0710. The van der Waals surface area contributed by atoms with Gasteiger partial charge in [0, 0.05) is 24.2 Å². The normalized spacial score (nSPS) is 12.8. The molecule has 1 aromatic heterocycles. The summed E-state index contributed by atoms with van der Waals surface area (Å²) in [7, 11) is 1.70. The lowest BCUT2D eigenvalue weighted by Gasteiger charge is -2.20. The fourth-order valence-electron chi connectivity index (χ4n) is 2.93. The van der Waals surface area contributed by atoms with Crippen molar-refractivity contribution >= 4 is 5.96 Å². The largest absolute Gasteiger partial charge is 0.496 e. The maximum absolute atomic E-state index is 5.50. The number of aliphatic imine (C=N–C) groups is 1. The second kappa shape index (κ2) is 9.27. The second-order valence-corrected chi connectivity index (χ2v) is 6.42. The Bertz CT molecular complexity index is 733. The van der Waals surface area contributed by atoms with E-state index in [9.17, 15) is 0 Å². The Balaban J connectivity index is 2.08. The predicted octanol–water partition coefficient (Wildman–Crippen LogP) is 3.47. The van der Waals surface area contributed by atoms with Crippen molar-refractivity contribution < 1.29 is 9.26 Å². The number of hydrogen-bond acceptors (Lipinski definition) is 4. The summed E-state index contributed by atoms with van der Waals surface area (Å²) in [5.74, 6) is 2.53. The maximum atomic E-state index is 5.50. The van der Waals surface area contributed by atoms with Gasteiger partial charge in [0.2, 0.25) is 0 Å². The lowest BCUT2D eigenvalue weighted by Crippen LogP contribution is -2.39. The average molecular weight is 358 g/mol. The summed E-state index contributed by atoms with van der Waals surface area (Å²) in [6.07, 6.45) is 0.805. The average Bonchev–Trinajstić information content (AvgIpc) is 2.93. The van der Waals surface area contributed by atoms with Gasteiger partial charge in [-0.1, -0.05) is 22.9 Å². The Labute approximate surface area is 156 Å². The van der Waals surface area contributed by atoms with Gasteiger partial charge in [0.1, 0.15) is 11.5 Å². The first-order valence-corrected chi connectivity index (χ1v) is 9.07. The van der Waals surface area contributed by atoms with Crippen molar-refractivity contribution in [2.45, 2.75) is 47.1 Å². The van der Waals surface area contributed by atoms with Crippen LogP contribution in [0.2, 0.25) is 0 Å². The molecule has 6 nitrogen and oxygen atoms in total. The van der Waals surface area contributed by atoms with Crippen molar-refractivity contribution in [2.24, 2.45) is 4.99 Å². The lowest BCUT2D eigenvalue weighted by molar-refractivity contribution is 0.392. The summed E-state index contributed by atoms with van der Waals surface area (Å²) in [4.78, 5) is 4.70. The summed E-state index contributed by atoms with van der Waals surface area (Å²) in [5.41, 5.74) is 4.39. The quantitative estimate of drug-likeness (QED) is 0.586. The van der Waals surface area contributed by atoms with E-state index < -0.39 is 0 Å². The van der Waals surface area contributed by atoms with E-state index in [0.717, 1.165) is 47.3 Å². The number of nitrogens with zero attached hydrogens (tertiary/aromatic N) is 2. The molecule has 26 heavy (non-hydrogen) atoms. The van der Waals surface area contributed by atoms with Crippen molar-refractivity contribution in [3.8, 4) is 5.75 Å². The van der Waals surface area contributed by atoms with Crippen molar-refractivity contribution in [1.29, 1.82) is 0 Å². The number of guanidine groups is 1. The summed E-state index contributed by atoms with van der Waals surface area (Å²) in [5, 5.41) is 10.8. The van der Waals surface area contributed by atoms with E-state index in [4.69, 9.17) is 14.3 Å². The molecule has 2 N–H and O–H groups in total. The predicted molar refractivity (Wildman–Crippen MR) is 105 cm³/mol. The second-order valence-electron chi connectivity index (χ2n) is 6.42. The minimum Gasteiger partial charge on any atom is -0.496 e.